The Morgan fingerprint density at radius 1 is 1.03 bits per heavy atom. The smallest absolute Gasteiger partial charge is 0.262 e. The summed E-state index contributed by atoms with van der Waals surface area (Å²) in [5, 5.41) is 6.44. The van der Waals surface area contributed by atoms with Crippen molar-refractivity contribution in [2.45, 2.75) is 38.1 Å². The van der Waals surface area contributed by atoms with E-state index in [1.165, 1.54) is 0 Å². The fourth-order valence-electron chi connectivity index (χ4n) is 5.65. The van der Waals surface area contributed by atoms with Crippen LogP contribution < -0.4 is 4.74 Å². The number of carbonyl (C=O) groups excluding carboxylic acids is 2. The number of benzene rings is 2. The SMILES string of the molecule is COc1ccc(C2=NN(C(=O)CN(CCN3CCOCC3)C(=O)C3CCCC3)C(c3ccccc3)C2)cc1. The molecule has 2 amide bonds. The molecule has 2 aliphatic heterocycles. The number of nitrogens with zero attached hydrogens (tertiary/aromatic N) is 4. The number of carbonyl (C=O) groups is 2. The van der Waals surface area contributed by atoms with Crippen molar-refractivity contribution >= 4 is 17.5 Å². The maximum Gasteiger partial charge on any atom is 0.262 e. The lowest BCUT2D eigenvalue weighted by Gasteiger charge is -2.32. The summed E-state index contributed by atoms with van der Waals surface area (Å²) in [4.78, 5) is 31.5. The normalized spacial score (nSPS) is 20.4. The van der Waals surface area contributed by atoms with Crippen LogP contribution in [0.3, 0.4) is 0 Å². The molecule has 0 N–H and O–H groups in total. The summed E-state index contributed by atoms with van der Waals surface area (Å²) in [7, 11) is 1.64. The number of ether oxygens (including phenoxy) is 2. The Kier molecular flexibility index (Phi) is 8.71. The minimum atomic E-state index is -0.205. The van der Waals surface area contributed by atoms with Gasteiger partial charge in [-0.1, -0.05) is 43.2 Å². The van der Waals surface area contributed by atoms with Crippen molar-refractivity contribution in [1.82, 2.24) is 14.8 Å². The molecule has 0 spiro atoms. The minimum Gasteiger partial charge on any atom is -0.497 e. The first-order valence-electron chi connectivity index (χ1n) is 13.8. The van der Waals surface area contributed by atoms with Crippen LogP contribution in [-0.2, 0) is 14.3 Å². The average molecular weight is 519 g/mol. The topological polar surface area (TPSA) is 74.7 Å². The molecule has 38 heavy (non-hydrogen) atoms. The molecule has 2 aromatic carbocycles. The van der Waals surface area contributed by atoms with E-state index in [1.54, 1.807) is 17.0 Å². The van der Waals surface area contributed by atoms with Crippen molar-refractivity contribution < 1.29 is 19.1 Å². The summed E-state index contributed by atoms with van der Waals surface area (Å²) in [6.45, 7) is 4.48. The maximum absolute atomic E-state index is 13.9. The van der Waals surface area contributed by atoms with Crippen LogP contribution in [0.2, 0.25) is 0 Å². The van der Waals surface area contributed by atoms with Gasteiger partial charge in [0.1, 0.15) is 12.3 Å². The molecule has 0 aromatic heterocycles. The Morgan fingerprint density at radius 3 is 2.42 bits per heavy atom. The number of hydrogen-bond donors (Lipinski definition) is 0. The van der Waals surface area contributed by atoms with Gasteiger partial charge < -0.3 is 14.4 Å². The van der Waals surface area contributed by atoms with Gasteiger partial charge in [0.2, 0.25) is 5.91 Å². The lowest BCUT2D eigenvalue weighted by atomic mass is 9.98. The molecule has 8 heteroatoms. The molecule has 2 aromatic rings. The summed E-state index contributed by atoms with van der Waals surface area (Å²) < 4.78 is 10.8. The molecule has 0 radical (unpaired) electrons. The van der Waals surface area contributed by atoms with Crippen molar-refractivity contribution in [3.63, 3.8) is 0 Å². The summed E-state index contributed by atoms with van der Waals surface area (Å²) in [5.41, 5.74) is 2.86. The number of hydrogen-bond acceptors (Lipinski definition) is 6. The number of amides is 2. The Balaban J connectivity index is 1.36. The largest absolute Gasteiger partial charge is 0.497 e. The summed E-state index contributed by atoms with van der Waals surface area (Å²) in [6, 6.07) is 17.6. The molecule has 3 aliphatic rings. The van der Waals surface area contributed by atoms with Crippen molar-refractivity contribution in [3.8, 4) is 5.75 Å². The molecule has 2 heterocycles. The van der Waals surface area contributed by atoms with Gasteiger partial charge in [0, 0.05) is 38.5 Å². The van der Waals surface area contributed by atoms with Gasteiger partial charge in [-0.3, -0.25) is 14.5 Å². The quantitative estimate of drug-likeness (QED) is 0.506. The fraction of sp³-hybridized carbons (Fsp3) is 0.500. The first kappa shape index (κ1) is 26.4. The Labute approximate surface area is 225 Å². The molecule has 0 bridgehead atoms. The summed E-state index contributed by atoms with van der Waals surface area (Å²) >= 11 is 0. The predicted octanol–water partition coefficient (Wildman–Crippen LogP) is 3.72. The zero-order chi connectivity index (χ0) is 26.3. The molecule has 202 valence electrons. The second-order valence-electron chi connectivity index (χ2n) is 10.3. The minimum absolute atomic E-state index is 0.0225. The van der Waals surface area contributed by atoms with Crippen LogP contribution in [0.25, 0.3) is 0 Å². The fourth-order valence-corrected chi connectivity index (χ4v) is 5.65. The van der Waals surface area contributed by atoms with E-state index in [9.17, 15) is 9.59 Å². The van der Waals surface area contributed by atoms with Gasteiger partial charge in [-0.15, -0.1) is 0 Å². The van der Waals surface area contributed by atoms with E-state index in [2.05, 4.69) is 4.90 Å². The molecular formula is C30H38N4O4. The van der Waals surface area contributed by atoms with Gasteiger partial charge in [-0.05, 0) is 48.2 Å². The number of morpholine rings is 1. The van der Waals surface area contributed by atoms with Crippen LogP contribution in [0.15, 0.2) is 59.7 Å². The Hall–Kier alpha value is -3.23. The lowest BCUT2D eigenvalue weighted by Crippen LogP contribution is -2.47. The van der Waals surface area contributed by atoms with Crippen LogP contribution in [0.4, 0.5) is 0 Å². The van der Waals surface area contributed by atoms with Crippen molar-refractivity contribution in [1.29, 1.82) is 0 Å². The van der Waals surface area contributed by atoms with Crippen molar-refractivity contribution in [2.75, 3.05) is 53.0 Å². The Morgan fingerprint density at radius 2 is 1.74 bits per heavy atom. The standard InChI is InChI=1S/C30H38N4O4/c1-37-26-13-11-23(12-14-26)27-21-28(24-7-3-2-4-8-24)34(31-27)29(35)22-33(30(36)25-9-5-6-10-25)16-15-32-17-19-38-20-18-32/h2-4,7-8,11-14,25,28H,5-6,9-10,15-22H2,1H3. The van der Waals surface area contributed by atoms with Crippen LogP contribution in [0.5, 0.6) is 5.75 Å². The molecule has 1 aliphatic carbocycles. The van der Waals surface area contributed by atoms with Gasteiger partial charge in [0.05, 0.1) is 32.1 Å². The molecule has 1 saturated carbocycles. The van der Waals surface area contributed by atoms with Crippen LogP contribution in [-0.4, -0.2) is 85.4 Å². The molecule has 8 nitrogen and oxygen atoms in total. The van der Waals surface area contributed by atoms with Crippen molar-refractivity contribution in [2.24, 2.45) is 11.0 Å². The van der Waals surface area contributed by atoms with E-state index >= 15 is 0 Å². The van der Waals surface area contributed by atoms with E-state index in [-0.39, 0.29) is 30.3 Å². The zero-order valence-corrected chi connectivity index (χ0v) is 22.3. The summed E-state index contributed by atoms with van der Waals surface area (Å²) in [6.07, 6.45) is 4.61. The molecular weight excluding hydrogens is 480 g/mol. The molecule has 5 rings (SSSR count). The molecule has 1 unspecified atom stereocenters. The van der Waals surface area contributed by atoms with Gasteiger partial charge in [0.25, 0.3) is 5.91 Å². The second kappa shape index (κ2) is 12.5. The zero-order valence-electron chi connectivity index (χ0n) is 22.3. The predicted molar refractivity (Wildman–Crippen MR) is 146 cm³/mol. The maximum atomic E-state index is 13.9. The van der Waals surface area contributed by atoms with Gasteiger partial charge in [0.15, 0.2) is 0 Å². The van der Waals surface area contributed by atoms with Crippen molar-refractivity contribution in [3.05, 3.63) is 65.7 Å². The average Bonchev–Trinajstić information content (AvgIpc) is 3.67. The van der Waals surface area contributed by atoms with E-state index in [0.717, 1.165) is 67.9 Å². The van der Waals surface area contributed by atoms with E-state index in [1.807, 2.05) is 54.6 Å². The van der Waals surface area contributed by atoms with E-state index in [4.69, 9.17) is 14.6 Å². The Bertz CT molecular complexity index is 1110. The highest BCUT2D eigenvalue weighted by molar-refractivity contribution is 6.03. The third-order valence-corrected chi connectivity index (χ3v) is 7.91. The first-order valence-corrected chi connectivity index (χ1v) is 13.8. The van der Waals surface area contributed by atoms with E-state index < -0.39 is 0 Å². The van der Waals surface area contributed by atoms with E-state index in [0.29, 0.717) is 26.2 Å². The number of methoxy groups -OCH3 is 1. The highest BCUT2D eigenvalue weighted by Crippen LogP contribution is 2.33. The number of rotatable bonds is 9. The summed E-state index contributed by atoms with van der Waals surface area (Å²) in [5.74, 6) is 0.769. The monoisotopic (exact) mass is 518 g/mol. The molecule has 2 fully saturated rings. The third kappa shape index (κ3) is 6.25. The highest BCUT2D eigenvalue weighted by Gasteiger charge is 2.36. The third-order valence-electron chi connectivity index (χ3n) is 7.91. The van der Waals surface area contributed by atoms with Gasteiger partial charge >= 0.3 is 0 Å². The molecule has 1 atom stereocenters. The lowest BCUT2D eigenvalue weighted by molar-refractivity contribution is -0.144. The van der Waals surface area contributed by atoms with Gasteiger partial charge in [-0.2, -0.15) is 5.10 Å². The van der Waals surface area contributed by atoms with Crippen LogP contribution in [0.1, 0.15) is 49.3 Å². The second-order valence-corrected chi connectivity index (χ2v) is 10.3. The number of hydrazone groups is 1. The highest BCUT2D eigenvalue weighted by atomic mass is 16.5. The van der Waals surface area contributed by atoms with Crippen LogP contribution in [0, 0.1) is 5.92 Å². The first-order chi connectivity index (χ1) is 18.6. The van der Waals surface area contributed by atoms with Crippen LogP contribution >= 0.6 is 0 Å². The van der Waals surface area contributed by atoms with Gasteiger partial charge in [-0.25, -0.2) is 5.01 Å². The molecule has 1 saturated heterocycles.